The van der Waals surface area contributed by atoms with Gasteiger partial charge in [0.2, 0.25) is 0 Å². The van der Waals surface area contributed by atoms with Gasteiger partial charge in [0.15, 0.2) is 5.52 Å². The number of carbonyl (C=O) groups is 1. The SMILES string of the molecule is Cc1cc(C)c(C(=O)Pc2c(C)cc(C(C)(C)C)cc2C)c(C)c1C. The molecule has 0 fully saturated rings. The molecule has 2 heteroatoms. The molecule has 0 saturated carbocycles. The van der Waals surface area contributed by atoms with Crippen molar-refractivity contribution in [3.8, 4) is 0 Å². The predicted octanol–water partition coefficient (Wildman–Crippen LogP) is 5.98. The highest BCUT2D eigenvalue weighted by Gasteiger charge is 2.20. The van der Waals surface area contributed by atoms with Crippen molar-refractivity contribution in [2.24, 2.45) is 0 Å². The summed E-state index contributed by atoms with van der Waals surface area (Å²) in [5.74, 6) is 0. The molecule has 0 aliphatic heterocycles. The van der Waals surface area contributed by atoms with E-state index in [0.717, 1.165) is 16.7 Å². The Morgan fingerprint density at radius 1 is 0.760 bits per heavy atom. The molecule has 0 spiro atoms. The van der Waals surface area contributed by atoms with Crippen LogP contribution in [0.4, 0.5) is 0 Å². The second kappa shape index (κ2) is 7.04. The highest BCUT2D eigenvalue weighted by atomic mass is 31.1. The quantitative estimate of drug-likeness (QED) is 0.620. The van der Waals surface area contributed by atoms with E-state index < -0.39 is 0 Å². The maximum Gasteiger partial charge on any atom is 0.186 e. The number of rotatable bonds is 3. The molecule has 0 aliphatic rings. The third kappa shape index (κ3) is 4.04. The molecule has 0 N–H and O–H groups in total. The van der Waals surface area contributed by atoms with Gasteiger partial charge in [-0.05, 0) is 99.8 Å². The van der Waals surface area contributed by atoms with E-state index in [2.05, 4.69) is 80.5 Å². The lowest BCUT2D eigenvalue weighted by molar-refractivity contribution is 0.108. The molecule has 2 aromatic rings. The number of hydrogen-bond donors (Lipinski definition) is 0. The number of carbonyl (C=O) groups excluding carboxylic acids is 1. The summed E-state index contributed by atoms with van der Waals surface area (Å²) in [6.45, 7) is 19.3. The molecule has 2 aromatic carbocycles. The summed E-state index contributed by atoms with van der Waals surface area (Å²) < 4.78 is 0. The van der Waals surface area contributed by atoms with E-state index in [0.29, 0.717) is 0 Å². The minimum Gasteiger partial charge on any atom is -0.289 e. The molecule has 1 atom stereocenters. The van der Waals surface area contributed by atoms with E-state index in [1.165, 1.54) is 33.1 Å². The molecule has 0 saturated heterocycles. The van der Waals surface area contributed by atoms with Gasteiger partial charge in [0.1, 0.15) is 0 Å². The van der Waals surface area contributed by atoms with Gasteiger partial charge in [-0.1, -0.05) is 39.0 Å². The Morgan fingerprint density at radius 2 is 1.28 bits per heavy atom. The molecule has 0 aromatic heterocycles. The second-order valence-corrected chi connectivity index (χ2v) is 9.53. The Morgan fingerprint density at radius 3 is 1.76 bits per heavy atom. The van der Waals surface area contributed by atoms with Gasteiger partial charge < -0.3 is 0 Å². The van der Waals surface area contributed by atoms with E-state index in [-0.39, 0.29) is 19.5 Å². The van der Waals surface area contributed by atoms with E-state index in [1.807, 2.05) is 0 Å². The highest BCUT2D eigenvalue weighted by Crippen LogP contribution is 2.31. The number of benzene rings is 2. The smallest absolute Gasteiger partial charge is 0.186 e. The average Bonchev–Trinajstić information content (AvgIpc) is 2.47. The first-order chi connectivity index (χ1) is 11.4. The van der Waals surface area contributed by atoms with Gasteiger partial charge in [0, 0.05) is 5.56 Å². The van der Waals surface area contributed by atoms with Crippen molar-refractivity contribution in [2.45, 2.75) is 67.7 Å². The fourth-order valence-corrected chi connectivity index (χ4v) is 4.68. The lowest BCUT2D eigenvalue weighted by atomic mass is 9.85. The van der Waals surface area contributed by atoms with Gasteiger partial charge in [-0.2, -0.15) is 0 Å². The fraction of sp³-hybridized carbons (Fsp3) is 0.435. The topological polar surface area (TPSA) is 17.1 Å². The first-order valence-electron chi connectivity index (χ1n) is 8.94. The van der Waals surface area contributed by atoms with Crippen molar-refractivity contribution < 1.29 is 4.79 Å². The first-order valence-corrected chi connectivity index (χ1v) is 9.94. The number of hydrogen-bond acceptors (Lipinski definition) is 1. The van der Waals surface area contributed by atoms with Crippen LogP contribution in [0.25, 0.3) is 0 Å². The van der Waals surface area contributed by atoms with Crippen molar-refractivity contribution in [3.63, 3.8) is 0 Å². The van der Waals surface area contributed by atoms with Crippen molar-refractivity contribution in [3.05, 3.63) is 62.7 Å². The minimum atomic E-state index is 0.127. The van der Waals surface area contributed by atoms with Crippen LogP contribution in [0.5, 0.6) is 0 Å². The molecule has 1 nitrogen and oxygen atoms in total. The molecule has 1 unspecified atom stereocenters. The van der Waals surface area contributed by atoms with Crippen molar-refractivity contribution in [1.82, 2.24) is 0 Å². The molecule has 2 rings (SSSR count). The van der Waals surface area contributed by atoms with Gasteiger partial charge >= 0.3 is 0 Å². The van der Waals surface area contributed by atoms with E-state index in [9.17, 15) is 4.79 Å². The van der Waals surface area contributed by atoms with Crippen molar-refractivity contribution in [1.29, 1.82) is 0 Å². The van der Waals surface area contributed by atoms with Crippen LogP contribution >= 0.6 is 8.58 Å². The third-order valence-electron chi connectivity index (χ3n) is 5.22. The zero-order valence-corrected chi connectivity index (χ0v) is 18.1. The summed E-state index contributed by atoms with van der Waals surface area (Å²) in [6, 6.07) is 6.65. The van der Waals surface area contributed by atoms with Crippen LogP contribution in [0.15, 0.2) is 18.2 Å². The summed E-state index contributed by atoms with van der Waals surface area (Å²) in [4.78, 5) is 13.1. The van der Waals surface area contributed by atoms with Crippen LogP contribution in [0, 0.1) is 41.5 Å². The Labute approximate surface area is 155 Å². The van der Waals surface area contributed by atoms with Crippen LogP contribution < -0.4 is 5.30 Å². The Balaban J connectivity index is 2.45. The van der Waals surface area contributed by atoms with Gasteiger partial charge in [-0.3, -0.25) is 4.79 Å². The molecule has 134 valence electrons. The maximum atomic E-state index is 13.1. The molecule has 0 radical (unpaired) electrons. The molecular weight excluding hydrogens is 323 g/mol. The standard InChI is InChI=1S/C23H31OP/c1-13-10-14(2)20(18(6)17(13)5)22(24)25-21-15(3)11-19(12-16(21)4)23(7,8)9/h10-12,25H,1-9H3. The van der Waals surface area contributed by atoms with Gasteiger partial charge in [-0.15, -0.1) is 0 Å². The van der Waals surface area contributed by atoms with Crippen LogP contribution in [-0.4, -0.2) is 5.52 Å². The summed E-state index contributed by atoms with van der Waals surface area (Å²) in [6.07, 6.45) is 0. The molecular formula is C23H31OP. The molecule has 0 amide bonds. The summed E-state index contributed by atoms with van der Waals surface area (Å²) >= 11 is 0. The lowest BCUT2D eigenvalue weighted by Crippen LogP contribution is -2.17. The first kappa shape index (κ1) is 19.9. The highest BCUT2D eigenvalue weighted by molar-refractivity contribution is 7.66. The zero-order valence-electron chi connectivity index (χ0n) is 17.1. The van der Waals surface area contributed by atoms with E-state index in [4.69, 9.17) is 0 Å². The van der Waals surface area contributed by atoms with Crippen LogP contribution in [0.2, 0.25) is 0 Å². The minimum absolute atomic E-state index is 0.127. The summed E-state index contributed by atoms with van der Waals surface area (Å²) in [7, 11) is 0.180. The van der Waals surface area contributed by atoms with Crippen LogP contribution in [-0.2, 0) is 5.41 Å². The third-order valence-corrected chi connectivity index (χ3v) is 6.74. The fourth-order valence-electron chi connectivity index (χ4n) is 3.40. The van der Waals surface area contributed by atoms with Crippen LogP contribution in [0.1, 0.15) is 70.1 Å². The largest absolute Gasteiger partial charge is 0.289 e. The van der Waals surface area contributed by atoms with Gasteiger partial charge in [-0.25, -0.2) is 0 Å². The van der Waals surface area contributed by atoms with Crippen molar-refractivity contribution >= 4 is 19.4 Å². The summed E-state index contributed by atoms with van der Waals surface area (Å²) in [5, 5.41) is 1.20. The zero-order chi connectivity index (χ0) is 19.1. The van der Waals surface area contributed by atoms with Crippen molar-refractivity contribution in [2.75, 3.05) is 0 Å². The van der Waals surface area contributed by atoms with Gasteiger partial charge in [0.25, 0.3) is 0 Å². The monoisotopic (exact) mass is 354 g/mol. The molecule has 0 heterocycles. The average molecular weight is 354 g/mol. The van der Waals surface area contributed by atoms with E-state index >= 15 is 0 Å². The van der Waals surface area contributed by atoms with E-state index in [1.54, 1.807) is 0 Å². The predicted molar refractivity (Wildman–Crippen MR) is 112 cm³/mol. The Bertz CT molecular complexity index is 815. The molecule has 0 aliphatic carbocycles. The Hall–Kier alpha value is -1.46. The molecule has 0 bridgehead atoms. The maximum absolute atomic E-state index is 13.1. The van der Waals surface area contributed by atoms with Crippen LogP contribution in [0.3, 0.4) is 0 Å². The second-order valence-electron chi connectivity index (χ2n) is 8.32. The lowest BCUT2D eigenvalue weighted by Gasteiger charge is -2.22. The Kier molecular flexibility index (Phi) is 5.59. The van der Waals surface area contributed by atoms with Gasteiger partial charge in [0.05, 0.1) is 0 Å². The summed E-state index contributed by atoms with van der Waals surface area (Å²) in [5.41, 5.74) is 9.83. The number of aryl methyl sites for hydroxylation is 4. The molecule has 25 heavy (non-hydrogen) atoms. The normalized spacial score (nSPS) is 12.2.